The number of rotatable bonds is 5. The van der Waals surface area contributed by atoms with Crippen molar-refractivity contribution in [3.63, 3.8) is 0 Å². The van der Waals surface area contributed by atoms with Gasteiger partial charge in [-0.1, -0.05) is 19.1 Å². The fraction of sp³-hybridized carbons (Fsp3) is 0.250. The van der Waals surface area contributed by atoms with Crippen LogP contribution in [-0.2, 0) is 6.42 Å². The van der Waals surface area contributed by atoms with Gasteiger partial charge in [-0.3, -0.25) is 5.43 Å². The highest BCUT2D eigenvalue weighted by molar-refractivity contribution is 5.55. The summed E-state index contributed by atoms with van der Waals surface area (Å²) in [6.07, 6.45) is 0.964. The van der Waals surface area contributed by atoms with E-state index in [4.69, 9.17) is 10.6 Å². The fourth-order valence-electron chi connectivity index (χ4n) is 1.57. The van der Waals surface area contributed by atoms with Crippen LogP contribution in [0.1, 0.15) is 12.5 Å². The molecule has 0 unspecified atom stereocenters. The zero-order valence-electron chi connectivity index (χ0n) is 10.8. The molecule has 0 bridgehead atoms. The molecule has 4 N–H and O–H groups in total. The standard InChI is InChI=1S/C12H16N6O/c1-3-8-5-4-6-9(7-8)14-10-15-11(18-13)17-12(16-10)19-2/h4-7H,3,13H2,1-2H3,(H2,14,15,16,17,18). The molecule has 0 fully saturated rings. The van der Waals surface area contributed by atoms with E-state index in [0.717, 1.165) is 12.1 Å². The van der Waals surface area contributed by atoms with Gasteiger partial charge >= 0.3 is 6.01 Å². The Balaban J connectivity index is 2.26. The first kappa shape index (κ1) is 13.0. The van der Waals surface area contributed by atoms with Crippen LogP contribution in [0.5, 0.6) is 6.01 Å². The van der Waals surface area contributed by atoms with Crippen LogP contribution >= 0.6 is 0 Å². The maximum atomic E-state index is 5.30. The monoisotopic (exact) mass is 260 g/mol. The largest absolute Gasteiger partial charge is 0.467 e. The molecule has 1 aromatic heterocycles. The van der Waals surface area contributed by atoms with Crippen LogP contribution in [0, 0.1) is 0 Å². The summed E-state index contributed by atoms with van der Waals surface area (Å²) in [5.74, 6) is 5.90. The normalized spacial score (nSPS) is 10.1. The lowest BCUT2D eigenvalue weighted by Gasteiger charge is -2.08. The average molecular weight is 260 g/mol. The molecule has 0 spiro atoms. The number of methoxy groups -OCH3 is 1. The number of nitrogen functional groups attached to an aromatic ring is 1. The Bertz CT molecular complexity index is 537. The van der Waals surface area contributed by atoms with Crippen molar-refractivity contribution >= 4 is 17.6 Å². The van der Waals surface area contributed by atoms with E-state index in [1.54, 1.807) is 0 Å². The van der Waals surface area contributed by atoms with Gasteiger partial charge < -0.3 is 10.1 Å². The first-order chi connectivity index (χ1) is 9.25. The second-order valence-electron chi connectivity index (χ2n) is 3.79. The van der Waals surface area contributed by atoms with Gasteiger partial charge in [0.05, 0.1) is 7.11 Å². The summed E-state index contributed by atoms with van der Waals surface area (Å²) in [5.41, 5.74) is 4.49. The van der Waals surface area contributed by atoms with Crippen molar-refractivity contribution in [2.45, 2.75) is 13.3 Å². The molecule has 19 heavy (non-hydrogen) atoms. The number of anilines is 3. The smallest absolute Gasteiger partial charge is 0.322 e. The van der Waals surface area contributed by atoms with E-state index in [1.165, 1.54) is 12.7 Å². The van der Waals surface area contributed by atoms with Gasteiger partial charge in [-0.15, -0.1) is 0 Å². The predicted molar refractivity (Wildman–Crippen MR) is 73.3 cm³/mol. The van der Waals surface area contributed by atoms with Gasteiger partial charge in [-0.25, -0.2) is 5.84 Å². The number of benzene rings is 1. The molecule has 0 aliphatic heterocycles. The molecule has 1 aromatic carbocycles. The molecule has 2 aromatic rings. The number of aromatic nitrogens is 3. The van der Waals surface area contributed by atoms with Crippen molar-refractivity contribution in [3.05, 3.63) is 29.8 Å². The lowest BCUT2D eigenvalue weighted by atomic mass is 10.1. The van der Waals surface area contributed by atoms with Crippen LogP contribution in [-0.4, -0.2) is 22.1 Å². The summed E-state index contributed by atoms with van der Waals surface area (Å²) in [7, 11) is 1.48. The highest BCUT2D eigenvalue weighted by atomic mass is 16.5. The van der Waals surface area contributed by atoms with Gasteiger partial charge in [0, 0.05) is 5.69 Å². The molecule has 0 amide bonds. The summed E-state index contributed by atoms with van der Waals surface area (Å²) in [4.78, 5) is 12.1. The minimum absolute atomic E-state index is 0.192. The molecule has 100 valence electrons. The highest BCUT2D eigenvalue weighted by Crippen LogP contribution is 2.17. The quantitative estimate of drug-likeness (QED) is 0.553. The number of nitrogens with two attached hydrogens (primary N) is 1. The third kappa shape index (κ3) is 3.29. The van der Waals surface area contributed by atoms with Crippen LogP contribution in [0.4, 0.5) is 17.6 Å². The Labute approximate surface area is 111 Å². The van der Waals surface area contributed by atoms with Gasteiger partial charge in [0.1, 0.15) is 0 Å². The Kier molecular flexibility index (Phi) is 4.09. The van der Waals surface area contributed by atoms with Crippen molar-refractivity contribution in [1.29, 1.82) is 0 Å². The van der Waals surface area contributed by atoms with Gasteiger partial charge in [0.15, 0.2) is 0 Å². The topological polar surface area (TPSA) is 98.0 Å². The first-order valence-corrected chi connectivity index (χ1v) is 5.87. The van der Waals surface area contributed by atoms with Gasteiger partial charge in [0.2, 0.25) is 11.9 Å². The molecule has 0 aliphatic carbocycles. The third-order valence-electron chi connectivity index (χ3n) is 2.52. The van der Waals surface area contributed by atoms with Crippen molar-refractivity contribution < 1.29 is 4.74 Å². The summed E-state index contributed by atoms with van der Waals surface area (Å²) >= 11 is 0. The SMILES string of the molecule is CCc1cccc(Nc2nc(NN)nc(OC)n2)c1. The molecule has 1 heterocycles. The van der Waals surface area contributed by atoms with E-state index in [9.17, 15) is 0 Å². The van der Waals surface area contributed by atoms with Crippen LogP contribution in [0.2, 0.25) is 0 Å². The number of hydrazine groups is 1. The zero-order chi connectivity index (χ0) is 13.7. The molecule has 7 nitrogen and oxygen atoms in total. The van der Waals surface area contributed by atoms with Crippen LogP contribution in [0.3, 0.4) is 0 Å². The van der Waals surface area contributed by atoms with Crippen LogP contribution in [0.15, 0.2) is 24.3 Å². The van der Waals surface area contributed by atoms with Crippen molar-refractivity contribution in [3.8, 4) is 6.01 Å². The molecule has 7 heteroatoms. The lowest BCUT2D eigenvalue weighted by molar-refractivity contribution is 0.379. The number of nitrogens with one attached hydrogen (secondary N) is 2. The summed E-state index contributed by atoms with van der Waals surface area (Å²) in [5, 5.41) is 3.09. The number of ether oxygens (including phenoxy) is 1. The fourth-order valence-corrected chi connectivity index (χ4v) is 1.57. The summed E-state index contributed by atoms with van der Waals surface area (Å²) in [6.45, 7) is 2.10. The van der Waals surface area contributed by atoms with Gasteiger partial charge in [-0.05, 0) is 24.1 Å². The number of hydrogen-bond acceptors (Lipinski definition) is 7. The summed E-state index contributed by atoms with van der Waals surface area (Å²) < 4.78 is 4.98. The Hall–Kier alpha value is -2.41. The van der Waals surface area contributed by atoms with E-state index in [-0.39, 0.29) is 12.0 Å². The van der Waals surface area contributed by atoms with Crippen LogP contribution < -0.4 is 21.3 Å². The number of aryl methyl sites for hydroxylation is 1. The highest BCUT2D eigenvalue weighted by Gasteiger charge is 2.06. The van der Waals surface area contributed by atoms with Crippen LogP contribution in [0.25, 0.3) is 0 Å². The van der Waals surface area contributed by atoms with Gasteiger partial charge in [-0.2, -0.15) is 15.0 Å². The molecule has 0 atom stereocenters. The second kappa shape index (κ2) is 5.96. The average Bonchev–Trinajstić information content (AvgIpc) is 2.47. The van der Waals surface area contributed by atoms with Crippen molar-refractivity contribution in [1.82, 2.24) is 15.0 Å². The number of nitrogens with zero attached hydrogens (tertiary/aromatic N) is 3. The maximum absolute atomic E-state index is 5.30. The predicted octanol–water partition coefficient (Wildman–Crippen LogP) is 1.47. The van der Waals surface area contributed by atoms with E-state index in [1.807, 2.05) is 18.2 Å². The maximum Gasteiger partial charge on any atom is 0.322 e. The Morgan fingerprint density at radius 3 is 2.68 bits per heavy atom. The molecular weight excluding hydrogens is 244 g/mol. The first-order valence-electron chi connectivity index (χ1n) is 5.87. The minimum Gasteiger partial charge on any atom is -0.467 e. The third-order valence-corrected chi connectivity index (χ3v) is 2.52. The molecule has 0 aliphatic rings. The molecule has 2 rings (SSSR count). The molecular formula is C12H16N6O. The van der Waals surface area contributed by atoms with Crippen molar-refractivity contribution in [2.75, 3.05) is 17.9 Å². The lowest BCUT2D eigenvalue weighted by Crippen LogP contribution is -2.13. The van der Waals surface area contributed by atoms with E-state index in [0.29, 0.717) is 5.95 Å². The number of hydrogen-bond donors (Lipinski definition) is 3. The van der Waals surface area contributed by atoms with E-state index < -0.39 is 0 Å². The minimum atomic E-state index is 0.192. The molecule has 0 radical (unpaired) electrons. The van der Waals surface area contributed by atoms with E-state index in [2.05, 4.69) is 38.7 Å². The van der Waals surface area contributed by atoms with E-state index >= 15 is 0 Å². The molecule has 0 saturated heterocycles. The van der Waals surface area contributed by atoms with Gasteiger partial charge in [0.25, 0.3) is 0 Å². The Morgan fingerprint density at radius 1 is 1.21 bits per heavy atom. The second-order valence-corrected chi connectivity index (χ2v) is 3.79. The Morgan fingerprint density at radius 2 is 2.00 bits per heavy atom. The summed E-state index contributed by atoms with van der Waals surface area (Å²) in [6, 6.07) is 8.20. The molecule has 0 saturated carbocycles. The van der Waals surface area contributed by atoms with Crippen molar-refractivity contribution in [2.24, 2.45) is 5.84 Å². The zero-order valence-corrected chi connectivity index (χ0v) is 10.8.